The van der Waals surface area contributed by atoms with Gasteiger partial charge in [-0.2, -0.15) is 0 Å². The number of nitrogens with zero attached hydrogens (tertiary/aromatic N) is 3. The van der Waals surface area contributed by atoms with Crippen molar-refractivity contribution in [2.45, 2.75) is 18.6 Å². The van der Waals surface area contributed by atoms with Crippen molar-refractivity contribution < 1.29 is 9.18 Å². The van der Waals surface area contributed by atoms with Gasteiger partial charge in [0.15, 0.2) is 11.0 Å². The molecule has 1 amide bonds. The molecule has 0 fully saturated rings. The van der Waals surface area contributed by atoms with E-state index >= 15 is 0 Å². The molecule has 2 aromatic carbocycles. The van der Waals surface area contributed by atoms with E-state index in [0.717, 1.165) is 0 Å². The number of rotatable bonds is 6. The number of thioether (sulfide) groups is 1. The zero-order valence-electron chi connectivity index (χ0n) is 14.2. The lowest BCUT2D eigenvalue weighted by Crippen LogP contribution is -2.14. The zero-order chi connectivity index (χ0) is 19.4. The average molecular weight is 425 g/mol. The lowest BCUT2D eigenvalue weighted by atomic mass is 10.2. The first kappa shape index (κ1) is 19.7. The number of amides is 1. The SMILES string of the molecule is CCn1c(SCC(=O)Nc2cc(Cl)cc(Cl)c2)nnc1-c1ccccc1F. The van der Waals surface area contributed by atoms with Crippen LogP contribution in [0.5, 0.6) is 0 Å². The van der Waals surface area contributed by atoms with Gasteiger partial charge in [-0.05, 0) is 37.3 Å². The van der Waals surface area contributed by atoms with Gasteiger partial charge in [0.25, 0.3) is 0 Å². The molecule has 0 saturated carbocycles. The maximum atomic E-state index is 14.0. The van der Waals surface area contributed by atoms with E-state index in [1.807, 2.05) is 6.92 Å². The molecule has 9 heteroatoms. The molecular weight excluding hydrogens is 410 g/mol. The molecule has 1 N–H and O–H groups in total. The Labute approximate surface area is 169 Å². The molecule has 0 aliphatic rings. The Hall–Kier alpha value is -2.09. The molecule has 0 aliphatic carbocycles. The van der Waals surface area contributed by atoms with E-state index in [9.17, 15) is 9.18 Å². The van der Waals surface area contributed by atoms with E-state index < -0.39 is 0 Å². The summed E-state index contributed by atoms with van der Waals surface area (Å²) < 4.78 is 15.8. The Bertz CT molecular complexity index is 959. The van der Waals surface area contributed by atoms with Crippen molar-refractivity contribution in [2.75, 3.05) is 11.1 Å². The number of nitrogens with one attached hydrogen (secondary N) is 1. The highest BCUT2D eigenvalue weighted by Gasteiger charge is 2.17. The highest BCUT2D eigenvalue weighted by Crippen LogP contribution is 2.26. The standard InChI is InChI=1S/C18H15Cl2FN4OS/c1-2-25-17(14-5-3-4-6-15(14)21)23-24-18(25)27-10-16(26)22-13-8-11(19)7-12(20)9-13/h3-9H,2,10H2,1H3,(H,22,26). The molecule has 0 saturated heterocycles. The van der Waals surface area contributed by atoms with Crippen molar-refractivity contribution in [1.29, 1.82) is 0 Å². The smallest absolute Gasteiger partial charge is 0.234 e. The van der Waals surface area contributed by atoms with Crippen LogP contribution in [0.25, 0.3) is 11.4 Å². The minimum atomic E-state index is -0.369. The van der Waals surface area contributed by atoms with Gasteiger partial charge < -0.3 is 9.88 Å². The number of anilines is 1. The third-order valence-corrected chi connectivity index (χ3v) is 5.03. The lowest BCUT2D eigenvalue weighted by Gasteiger charge is -2.08. The number of aromatic nitrogens is 3. The number of halogens is 3. The quantitative estimate of drug-likeness (QED) is 0.556. The van der Waals surface area contributed by atoms with E-state index in [4.69, 9.17) is 23.2 Å². The highest BCUT2D eigenvalue weighted by molar-refractivity contribution is 7.99. The Morgan fingerprint density at radius 1 is 1.19 bits per heavy atom. The van der Waals surface area contributed by atoms with Gasteiger partial charge in [-0.3, -0.25) is 4.79 Å². The Morgan fingerprint density at radius 3 is 2.56 bits per heavy atom. The van der Waals surface area contributed by atoms with Crippen molar-refractivity contribution in [3.63, 3.8) is 0 Å². The molecule has 3 aromatic rings. The molecule has 0 spiro atoms. The topological polar surface area (TPSA) is 59.8 Å². The molecule has 3 rings (SSSR count). The van der Waals surface area contributed by atoms with Crippen LogP contribution in [0.15, 0.2) is 47.6 Å². The Kier molecular flexibility index (Phi) is 6.36. The van der Waals surface area contributed by atoms with Crippen molar-refractivity contribution in [3.05, 3.63) is 58.3 Å². The van der Waals surface area contributed by atoms with Crippen LogP contribution >= 0.6 is 35.0 Å². The van der Waals surface area contributed by atoms with Crippen molar-refractivity contribution in [1.82, 2.24) is 14.8 Å². The van der Waals surface area contributed by atoms with Gasteiger partial charge in [-0.25, -0.2) is 4.39 Å². The molecule has 0 radical (unpaired) electrons. The Morgan fingerprint density at radius 2 is 1.89 bits per heavy atom. The molecule has 1 heterocycles. The number of carbonyl (C=O) groups excluding carboxylic acids is 1. The summed E-state index contributed by atoms with van der Waals surface area (Å²) in [7, 11) is 0. The van der Waals surface area contributed by atoms with E-state index in [1.54, 1.807) is 41.0 Å². The van der Waals surface area contributed by atoms with Crippen LogP contribution < -0.4 is 5.32 Å². The maximum Gasteiger partial charge on any atom is 0.234 e. The number of hydrogen-bond donors (Lipinski definition) is 1. The second-order valence-corrected chi connectivity index (χ2v) is 7.34. The molecule has 0 unspecified atom stereocenters. The summed E-state index contributed by atoms with van der Waals surface area (Å²) in [4.78, 5) is 12.2. The number of carbonyl (C=O) groups is 1. The largest absolute Gasteiger partial charge is 0.325 e. The fourth-order valence-corrected chi connectivity index (χ4v) is 3.80. The first-order valence-electron chi connectivity index (χ1n) is 8.04. The van der Waals surface area contributed by atoms with E-state index in [0.29, 0.717) is 38.8 Å². The van der Waals surface area contributed by atoms with E-state index in [2.05, 4.69) is 15.5 Å². The first-order valence-corrected chi connectivity index (χ1v) is 9.79. The van der Waals surface area contributed by atoms with Crippen molar-refractivity contribution in [2.24, 2.45) is 0 Å². The summed E-state index contributed by atoms with van der Waals surface area (Å²) in [5.41, 5.74) is 0.888. The van der Waals surface area contributed by atoms with E-state index in [1.165, 1.54) is 17.8 Å². The minimum Gasteiger partial charge on any atom is -0.325 e. The van der Waals surface area contributed by atoms with Gasteiger partial charge in [-0.1, -0.05) is 47.1 Å². The highest BCUT2D eigenvalue weighted by atomic mass is 35.5. The fraction of sp³-hybridized carbons (Fsp3) is 0.167. The molecule has 140 valence electrons. The van der Waals surface area contributed by atoms with Crippen LogP contribution in [0.4, 0.5) is 10.1 Å². The molecule has 0 atom stereocenters. The monoisotopic (exact) mass is 424 g/mol. The Balaban J connectivity index is 1.71. The van der Waals surface area contributed by atoms with Crippen LogP contribution in [0.1, 0.15) is 6.92 Å². The summed E-state index contributed by atoms with van der Waals surface area (Å²) in [5, 5.41) is 12.3. The van der Waals surface area contributed by atoms with Gasteiger partial charge in [0.05, 0.1) is 11.3 Å². The van der Waals surface area contributed by atoms with Gasteiger partial charge >= 0.3 is 0 Å². The fourth-order valence-electron chi connectivity index (χ4n) is 2.48. The van der Waals surface area contributed by atoms with Crippen LogP contribution in [-0.2, 0) is 11.3 Å². The van der Waals surface area contributed by atoms with Gasteiger partial charge in [0.2, 0.25) is 5.91 Å². The maximum absolute atomic E-state index is 14.0. The summed E-state index contributed by atoms with van der Waals surface area (Å²) >= 11 is 13.1. The molecule has 0 aliphatic heterocycles. The summed E-state index contributed by atoms with van der Waals surface area (Å²) in [6.07, 6.45) is 0. The number of hydrogen-bond acceptors (Lipinski definition) is 4. The zero-order valence-corrected chi connectivity index (χ0v) is 16.6. The summed E-state index contributed by atoms with van der Waals surface area (Å²) in [5.74, 6) is -0.0669. The molecule has 1 aromatic heterocycles. The van der Waals surface area contributed by atoms with Crippen LogP contribution in [-0.4, -0.2) is 26.4 Å². The summed E-state index contributed by atoms with van der Waals surface area (Å²) in [6, 6.07) is 11.2. The van der Waals surface area contributed by atoms with Gasteiger partial charge in [0.1, 0.15) is 5.82 Å². The van der Waals surface area contributed by atoms with Gasteiger partial charge in [-0.15, -0.1) is 10.2 Å². The molecule has 5 nitrogen and oxygen atoms in total. The first-order chi connectivity index (χ1) is 13.0. The lowest BCUT2D eigenvalue weighted by molar-refractivity contribution is -0.113. The minimum absolute atomic E-state index is 0.111. The normalized spacial score (nSPS) is 10.8. The van der Waals surface area contributed by atoms with Crippen LogP contribution in [0.3, 0.4) is 0 Å². The van der Waals surface area contributed by atoms with Crippen LogP contribution in [0.2, 0.25) is 10.0 Å². The second-order valence-electron chi connectivity index (χ2n) is 5.53. The third kappa shape index (κ3) is 4.80. The van der Waals surface area contributed by atoms with E-state index in [-0.39, 0.29) is 17.5 Å². The van der Waals surface area contributed by atoms with Gasteiger partial charge in [0, 0.05) is 22.3 Å². The number of benzene rings is 2. The predicted octanol–water partition coefficient (Wildman–Crippen LogP) is 5.14. The van der Waals surface area contributed by atoms with Crippen LogP contribution in [0, 0.1) is 5.82 Å². The molecule has 0 bridgehead atoms. The summed E-state index contributed by atoms with van der Waals surface area (Å²) in [6.45, 7) is 2.45. The molecular formula is C18H15Cl2FN4OS. The average Bonchev–Trinajstić information content (AvgIpc) is 3.02. The van der Waals surface area contributed by atoms with Crippen molar-refractivity contribution >= 4 is 46.6 Å². The molecule has 27 heavy (non-hydrogen) atoms. The predicted molar refractivity (Wildman–Crippen MR) is 107 cm³/mol. The third-order valence-electron chi connectivity index (χ3n) is 3.63. The second kappa shape index (κ2) is 8.73. The van der Waals surface area contributed by atoms with Crippen molar-refractivity contribution in [3.8, 4) is 11.4 Å².